The third-order valence-corrected chi connectivity index (χ3v) is 3.94. The molecule has 124 valence electrons. The van der Waals surface area contributed by atoms with Gasteiger partial charge in [-0.1, -0.05) is 64.0 Å². The third-order valence-electron chi connectivity index (χ3n) is 3.94. The molecule has 0 radical (unpaired) electrons. The summed E-state index contributed by atoms with van der Waals surface area (Å²) in [5, 5.41) is 12.1. The summed E-state index contributed by atoms with van der Waals surface area (Å²) in [4.78, 5) is 10.5. The first-order valence-corrected chi connectivity index (χ1v) is 8.77. The zero-order valence-corrected chi connectivity index (χ0v) is 13.9. The molecule has 0 spiro atoms. The largest absolute Gasteiger partial charge is 0.481 e. The van der Waals surface area contributed by atoms with Crippen molar-refractivity contribution in [1.29, 1.82) is 0 Å². The molecule has 0 bridgehead atoms. The van der Waals surface area contributed by atoms with E-state index in [0.29, 0.717) is 6.42 Å². The minimum Gasteiger partial charge on any atom is -0.481 e. The Morgan fingerprint density at radius 3 is 2.14 bits per heavy atom. The fraction of sp³-hybridized carbons (Fsp3) is 0.632. The number of unbranched alkanes of at least 4 members (excludes halogenated alkanes) is 7. The normalized spacial score (nSPS) is 10.6. The number of aryl methyl sites for hydroxylation is 1. The summed E-state index contributed by atoms with van der Waals surface area (Å²) in [6, 6.07) is 8.11. The number of benzene rings is 1. The molecule has 0 saturated carbocycles. The standard InChI is InChI=1S/C19H31NO2/c1-2-3-4-5-6-7-8-9-16-20-18-13-10-17(11-14-18)12-15-19(21)22/h10-11,13-14,20H,2-9,12,15-16H2,1H3,(H,21,22). The Bertz CT molecular complexity index is 400. The third kappa shape index (κ3) is 9.43. The van der Waals surface area contributed by atoms with Crippen LogP contribution in [0.15, 0.2) is 24.3 Å². The molecule has 3 nitrogen and oxygen atoms in total. The topological polar surface area (TPSA) is 49.3 Å². The summed E-state index contributed by atoms with van der Waals surface area (Å²) in [6.07, 6.45) is 11.5. The van der Waals surface area contributed by atoms with Crippen molar-refractivity contribution in [3.8, 4) is 0 Å². The zero-order valence-electron chi connectivity index (χ0n) is 13.9. The van der Waals surface area contributed by atoms with Crippen LogP contribution in [0.2, 0.25) is 0 Å². The first-order chi connectivity index (χ1) is 10.7. The Labute approximate surface area is 135 Å². The van der Waals surface area contributed by atoms with Crippen LogP contribution in [0, 0.1) is 0 Å². The quantitative estimate of drug-likeness (QED) is 0.489. The minimum atomic E-state index is -0.739. The van der Waals surface area contributed by atoms with Gasteiger partial charge in [0.2, 0.25) is 0 Å². The van der Waals surface area contributed by atoms with E-state index >= 15 is 0 Å². The van der Waals surface area contributed by atoms with E-state index in [0.717, 1.165) is 17.8 Å². The second kappa shape index (κ2) is 12.1. The van der Waals surface area contributed by atoms with Gasteiger partial charge in [-0.2, -0.15) is 0 Å². The SMILES string of the molecule is CCCCCCCCCCNc1ccc(CCC(=O)O)cc1. The number of carbonyl (C=O) groups is 1. The van der Waals surface area contributed by atoms with Gasteiger partial charge in [-0.05, 0) is 30.5 Å². The average molecular weight is 305 g/mol. The van der Waals surface area contributed by atoms with E-state index in [4.69, 9.17) is 5.11 Å². The molecule has 0 saturated heterocycles. The number of carboxylic acids is 1. The van der Waals surface area contributed by atoms with Gasteiger partial charge >= 0.3 is 5.97 Å². The summed E-state index contributed by atoms with van der Waals surface area (Å²) in [7, 11) is 0. The Kier molecular flexibility index (Phi) is 10.2. The highest BCUT2D eigenvalue weighted by molar-refractivity contribution is 5.67. The smallest absolute Gasteiger partial charge is 0.303 e. The first kappa shape index (κ1) is 18.5. The van der Waals surface area contributed by atoms with Crippen molar-refractivity contribution in [2.24, 2.45) is 0 Å². The van der Waals surface area contributed by atoms with Crippen molar-refractivity contribution in [2.45, 2.75) is 71.1 Å². The number of anilines is 1. The average Bonchev–Trinajstić information content (AvgIpc) is 2.52. The monoisotopic (exact) mass is 305 g/mol. The predicted molar refractivity (Wildman–Crippen MR) is 93.5 cm³/mol. The second-order valence-electron chi connectivity index (χ2n) is 5.99. The van der Waals surface area contributed by atoms with Crippen LogP contribution in [-0.2, 0) is 11.2 Å². The Balaban J connectivity index is 2.04. The fourth-order valence-electron chi connectivity index (χ4n) is 2.53. The number of aliphatic carboxylic acids is 1. The fourth-order valence-corrected chi connectivity index (χ4v) is 2.53. The molecular weight excluding hydrogens is 274 g/mol. The van der Waals surface area contributed by atoms with Gasteiger partial charge in [0.25, 0.3) is 0 Å². The maximum Gasteiger partial charge on any atom is 0.303 e. The number of hydrogen-bond acceptors (Lipinski definition) is 2. The van der Waals surface area contributed by atoms with Gasteiger partial charge in [0.15, 0.2) is 0 Å². The predicted octanol–water partition coefficient (Wildman–Crippen LogP) is 5.26. The van der Waals surface area contributed by atoms with E-state index < -0.39 is 5.97 Å². The summed E-state index contributed by atoms with van der Waals surface area (Å²) < 4.78 is 0. The molecule has 0 fully saturated rings. The molecule has 22 heavy (non-hydrogen) atoms. The molecule has 0 unspecified atom stereocenters. The minimum absolute atomic E-state index is 0.199. The molecule has 0 aliphatic heterocycles. The first-order valence-electron chi connectivity index (χ1n) is 8.77. The lowest BCUT2D eigenvalue weighted by Crippen LogP contribution is -2.02. The van der Waals surface area contributed by atoms with Crippen LogP contribution in [0.5, 0.6) is 0 Å². The van der Waals surface area contributed by atoms with E-state index in [1.54, 1.807) is 0 Å². The summed E-state index contributed by atoms with van der Waals surface area (Å²) in [5.41, 5.74) is 2.21. The van der Waals surface area contributed by atoms with Crippen molar-refractivity contribution in [1.82, 2.24) is 0 Å². The Morgan fingerprint density at radius 1 is 0.955 bits per heavy atom. The zero-order chi connectivity index (χ0) is 16.0. The van der Waals surface area contributed by atoms with Crippen molar-refractivity contribution in [3.63, 3.8) is 0 Å². The van der Waals surface area contributed by atoms with Crippen molar-refractivity contribution < 1.29 is 9.90 Å². The van der Waals surface area contributed by atoms with Crippen molar-refractivity contribution in [3.05, 3.63) is 29.8 Å². The second-order valence-corrected chi connectivity index (χ2v) is 5.99. The van der Waals surface area contributed by atoms with E-state index in [2.05, 4.69) is 12.2 Å². The highest BCUT2D eigenvalue weighted by Crippen LogP contribution is 2.12. The molecule has 0 aromatic heterocycles. The van der Waals surface area contributed by atoms with E-state index in [9.17, 15) is 4.79 Å². The van der Waals surface area contributed by atoms with Gasteiger partial charge in [0.1, 0.15) is 0 Å². The maximum atomic E-state index is 10.5. The van der Waals surface area contributed by atoms with E-state index in [1.165, 1.54) is 51.4 Å². The lowest BCUT2D eigenvalue weighted by atomic mass is 10.1. The van der Waals surface area contributed by atoms with Gasteiger partial charge in [-0.25, -0.2) is 0 Å². The molecule has 2 N–H and O–H groups in total. The van der Waals surface area contributed by atoms with Crippen LogP contribution < -0.4 is 5.32 Å². The number of rotatable bonds is 13. The van der Waals surface area contributed by atoms with Crippen LogP contribution in [0.1, 0.15) is 70.3 Å². The Morgan fingerprint density at radius 2 is 1.55 bits per heavy atom. The number of carboxylic acid groups (broad SMARTS) is 1. The van der Waals surface area contributed by atoms with Crippen LogP contribution in [0.3, 0.4) is 0 Å². The number of hydrogen-bond donors (Lipinski definition) is 2. The van der Waals surface area contributed by atoms with Gasteiger partial charge in [-0.3, -0.25) is 4.79 Å². The van der Waals surface area contributed by atoms with E-state index in [-0.39, 0.29) is 6.42 Å². The molecule has 0 amide bonds. The summed E-state index contributed by atoms with van der Waals surface area (Å²) in [5.74, 6) is -0.739. The van der Waals surface area contributed by atoms with Crippen LogP contribution in [-0.4, -0.2) is 17.6 Å². The van der Waals surface area contributed by atoms with Crippen LogP contribution >= 0.6 is 0 Å². The molecule has 0 aliphatic carbocycles. The summed E-state index contributed by atoms with van der Waals surface area (Å²) >= 11 is 0. The van der Waals surface area contributed by atoms with E-state index in [1.807, 2.05) is 24.3 Å². The highest BCUT2D eigenvalue weighted by atomic mass is 16.4. The lowest BCUT2D eigenvalue weighted by molar-refractivity contribution is -0.136. The lowest BCUT2D eigenvalue weighted by Gasteiger charge is -2.07. The Hall–Kier alpha value is -1.51. The molecule has 1 rings (SSSR count). The van der Waals surface area contributed by atoms with Gasteiger partial charge < -0.3 is 10.4 Å². The molecule has 0 aliphatic rings. The van der Waals surface area contributed by atoms with Crippen molar-refractivity contribution >= 4 is 11.7 Å². The van der Waals surface area contributed by atoms with Crippen molar-refractivity contribution in [2.75, 3.05) is 11.9 Å². The molecule has 1 aromatic carbocycles. The van der Waals surface area contributed by atoms with Crippen LogP contribution in [0.4, 0.5) is 5.69 Å². The van der Waals surface area contributed by atoms with Crippen LogP contribution in [0.25, 0.3) is 0 Å². The number of nitrogens with one attached hydrogen (secondary N) is 1. The summed E-state index contributed by atoms with van der Waals surface area (Å²) in [6.45, 7) is 3.27. The van der Waals surface area contributed by atoms with Gasteiger partial charge in [-0.15, -0.1) is 0 Å². The molecule has 0 atom stereocenters. The van der Waals surface area contributed by atoms with Gasteiger partial charge in [0, 0.05) is 18.7 Å². The maximum absolute atomic E-state index is 10.5. The molecule has 3 heteroatoms. The molecule has 1 aromatic rings. The molecule has 0 heterocycles. The molecular formula is C19H31NO2. The highest BCUT2D eigenvalue weighted by Gasteiger charge is 1.99. The van der Waals surface area contributed by atoms with Gasteiger partial charge in [0.05, 0.1) is 0 Å².